The molecule has 2 aromatic rings. The Kier molecular flexibility index (Phi) is 8.03. The minimum Gasteiger partial charge on any atom is -0.497 e. The van der Waals surface area contributed by atoms with Gasteiger partial charge in [0.05, 0.1) is 32.9 Å². The number of morpholine rings is 1. The molecular weight excluding hydrogens is 394 g/mol. The fourth-order valence-electron chi connectivity index (χ4n) is 3.81. The van der Waals surface area contributed by atoms with E-state index >= 15 is 0 Å². The van der Waals surface area contributed by atoms with Crippen molar-refractivity contribution in [1.29, 1.82) is 0 Å². The molecule has 1 saturated heterocycles. The standard InChI is InChI=1S/C24H31N3O4/c1-17-12-18(2)14-20(13-17)24(29)26-16-23(28)25-15-22(27-8-10-31-11-9-27)19-4-6-21(30-3)7-5-19/h4-7,12-14,22H,8-11,15-16H2,1-3H3,(H,25,28)(H,26,29). The molecular formula is C24H31N3O4. The summed E-state index contributed by atoms with van der Waals surface area (Å²) in [6.45, 7) is 7.23. The molecule has 0 saturated carbocycles. The summed E-state index contributed by atoms with van der Waals surface area (Å²) < 4.78 is 10.7. The van der Waals surface area contributed by atoms with Crippen molar-refractivity contribution in [1.82, 2.24) is 15.5 Å². The molecule has 166 valence electrons. The molecule has 0 aromatic heterocycles. The van der Waals surface area contributed by atoms with E-state index in [0.717, 1.165) is 35.5 Å². The number of methoxy groups -OCH3 is 1. The zero-order valence-corrected chi connectivity index (χ0v) is 18.4. The lowest BCUT2D eigenvalue weighted by Gasteiger charge is -2.35. The summed E-state index contributed by atoms with van der Waals surface area (Å²) in [5, 5.41) is 5.68. The zero-order valence-electron chi connectivity index (χ0n) is 18.4. The van der Waals surface area contributed by atoms with Crippen LogP contribution in [0.25, 0.3) is 0 Å². The van der Waals surface area contributed by atoms with Crippen LogP contribution in [0.4, 0.5) is 0 Å². The van der Waals surface area contributed by atoms with Gasteiger partial charge < -0.3 is 20.1 Å². The third-order valence-electron chi connectivity index (χ3n) is 5.37. The number of hydrogen-bond acceptors (Lipinski definition) is 5. The lowest BCUT2D eigenvalue weighted by molar-refractivity contribution is -0.120. The minimum atomic E-state index is -0.248. The van der Waals surface area contributed by atoms with Crippen molar-refractivity contribution < 1.29 is 19.1 Å². The Balaban J connectivity index is 1.58. The minimum absolute atomic E-state index is 0.0221. The van der Waals surface area contributed by atoms with Gasteiger partial charge in [0, 0.05) is 25.2 Å². The first-order valence-electron chi connectivity index (χ1n) is 10.5. The molecule has 0 aliphatic carbocycles. The average Bonchev–Trinajstić information content (AvgIpc) is 2.78. The van der Waals surface area contributed by atoms with Crippen LogP contribution >= 0.6 is 0 Å². The maximum absolute atomic E-state index is 12.4. The molecule has 7 nitrogen and oxygen atoms in total. The fraction of sp³-hybridized carbons (Fsp3) is 0.417. The Morgan fingerprint density at radius 1 is 1.03 bits per heavy atom. The van der Waals surface area contributed by atoms with Crippen LogP contribution in [0.5, 0.6) is 5.75 Å². The number of aryl methyl sites for hydroxylation is 2. The van der Waals surface area contributed by atoms with E-state index in [1.807, 2.05) is 56.3 Å². The summed E-state index contributed by atoms with van der Waals surface area (Å²) in [5.41, 5.74) is 3.70. The van der Waals surface area contributed by atoms with Gasteiger partial charge in [-0.25, -0.2) is 0 Å². The number of nitrogens with zero attached hydrogens (tertiary/aromatic N) is 1. The van der Waals surface area contributed by atoms with Crippen molar-refractivity contribution >= 4 is 11.8 Å². The van der Waals surface area contributed by atoms with Crippen LogP contribution in [-0.4, -0.2) is 63.2 Å². The Hall–Kier alpha value is -2.90. The molecule has 3 rings (SSSR count). The molecule has 1 unspecified atom stereocenters. The number of benzene rings is 2. The van der Waals surface area contributed by atoms with Crippen molar-refractivity contribution in [3.63, 3.8) is 0 Å². The summed E-state index contributed by atoms with van der Waals surface area (Å²) in [7, 11) is 1.64. The van der Waals surface area contributed by atoms with Crippen LogP contribution in [0.2, 0.25) is 0 Å². The lowest BCUT2D eigenvalue weighted by Crippen LogP contribution is -2.45. The number of amides is 2. The normalized spacial score (nSPS) is 15.2. The molecule has 1 aliphatic heterocycles. The summed E-state index contributed by atoms with van der Waals surface area (Å²) in [4.78, 5) is 27.1. The fourth-order valence-corrected chi connectivity index (χ4v) is 3.81. The monoisotopic (exact) mass is 425 g/mol. The van der Waals surface area contributed by atoms with E-state index in [9.17, 15) is 9.59 Å². The Morgan fingerprint density at radius 3 is 2.29 bits per heavy atom. The van der Waals surface area contributed by atoms with Gasteiger partial charge in [-0.3, -0.25) is 14.5 Å². The number of hydrogen-bond donors (Lipinski definition) is 2. The Morgan fingerprint density at radius 2 is 1.68 bits per heavy atom. The molecule has 0 radical (unpaired) electrons. The van der Waals surface area contributed by atoms with Gasteiger partial charge in [-0.2, -0.15) is 0 Å². The molecule has 1 fully saturated rings. The number of carbonyl (C=O) groups is 2. The van der Waals surface area contributed by atoms with Gasteiger partial charge >= 0.3 is 0 Å². The van der Waals surface area contributed by atoms with Gasteiger partial charge in [-0.15, -0.1) is 0 Å². The Bertz CT molecular complexity index is 872. The predicted molar refractivity (Wildman–Crippen MR) is 119 cm³/mol. The highest BCUT2D eigenvalue weighted by molar-refractivity contribution is 5.96. The SMILES string of the molecule is COc1ccc(C(CNC(=O)CNC(=O)c2cc(C)cc(C)c2)N2CCOCC2)cc1. The van der Waals surface area contributed by atoms with Crippen LogP contribution in [0.15, 0.2) is 42.5 Å². The highest BCUT2D eigenvalue weighted by Gasteiger charge is 2.23. The third-order valence-corrected chi connectivity index (χ3v) is 5.37. The summed E-state index contributed by atoms with van der Waals surface area (Å²) in [5.74, 6) is 0.328. The highest BCUT2D eigenvalue weighted by Crippen LogP contribution is 2.23. The molecule has 2 aromatic carbocycles. The largest absolute Gasteiger partial charge is 0.497 e. The molecule has 1 atom stereocenters. The number of ether oxygens (including phenoxy) is 2. The maximum atomic E-state index is 12.4. The quantitative estimate of drug-likeness (QED) is 0.678. The molecule has 1 heterocycles. The molecule has 0 bridgehead atoms. The Labute approximate surface area is 183 Å². The van der Waals surface area contributed by atoms with Crippen molar-refractivity contribution in [3.8, 4) is 5.75 Å². The van der Waals surface area contributed by atoms with Crippen LogP contribution < -0.4 is 15.4 Å². The summed E-state index contributed by atoms with van der Waals surface area (Å²) in [6, 6.07) is 13.6. The molecule has 0 spiro atoms. The first kappa shape index (κ1) is 22.8. The molecule has 2 amide bonds. The van der Waals surface area contributed by atoms with Gasteiger partial charge in [0.1, 0.15) is 5.75 Å². The second-order valence-electron chi connectivity index (χ2n) is 7.80. The van der Waals surface area contributed by atoms with E-state index in [4.69, 9.17) is 9.47 Å². The maximum Gasteiger partial charge on any atom is 0.251 e. The smallest absolute Gasteiger partial charge is 0.251 e. The molecule has 1 aliphatic rings. The van der Waals surface area contributed by atoms with Crippen LogP contribution in [0.3, 0.4) is 0 Å². The van der Waals surface area contributed by atoms with Gasteiger partial charge in [0.2, 0.25) is 5.91 Å². The van der Waals surface area contributed by atoms with E-state index in [-0.39, 0.29) is 24.4 Å². The topological polar surface area (TPSA) is 79.9 Å². The van der Waals surface area contributed by atoms with E-state index in [2.05, 4.69) is 15.5 Å². The molecule has 7 heteroatoms. The first-order valence-corrected chi connectivity index (χ1v) is 10.5. The third kappa shape index (κ3) is 6.54. The molecule has 2 N–H and O–H groups in total. The van der Waals surface area contributed by atoms with Crippen LogP contribution in [-0.2, 0) is 9.53 Å². The van der Waals surface area contributed by atoms with E-state index in [0.29, 0.717) is 25.3 Å². The van der Waals surface area contributed by atoms with E-state index < -0.39 is 0 Å². The summed E-state index contributed by atoms with van der Waals surface area (Å²) in [6.07, 6.45) is 0. The number of carbonyl (C=O) groups excluding carboxylic acids is 2. The molecule has 31 heavy (non-hydrogen) atoms. The van der Waals surface area contributed by atoms with Crippen molar-refractivity contribution in [2.45, 2.75) is 19.9 Å². The van der Waals surface area contributed by atoms with Gasteiger partial charge in [-0.05, 0) is 43.7 Å². The second kappa shape index (κ2) is 10.9. The van der Waals surface area contributed by atoms with Crippen molar-refractivity contribution in [3.05, 3.63) is 64.7 Å². The predicted octanol–water partition coefficient (Wildman–Crippen LogP) is 2.23. The first-order chi connectivity index (χ1) is 15.0. The van der Waals surface area contributed by atoms with Crippen LogP contribution in [0, 0.1) is 13.8 Å². The number of rotatable bonds is 8. The van der Waals surface area contributed by atoms with Gasteiger partial charge in [0.15, 0.2) is 0 Å². The summed E-state index contributed by atoms with van der Waals surface area (Å²) >= 11 is 0. The lowest BCUT2D eigenvalue weighted by atomic mass is 10.0. The van der Waals surface area contributed by atoms with Crippen molar-refractivity contribution in [2.24, 2.45) is 0 Å². The average molecular weight is 426 g/mol. The van der Waals surface area contributed by atoms with Crippen LogP contribution in [0.1, 0.15) is 33.1 Å². The van der Waals surface area contributed by atoms with E-state index in [1.165, 1.54) is 0 Å². The highest BCUT2D eigenvalue weighted by atomic mass is 16.5. The number of nitrogens with one attached hydrogen (secondary N) is 2. The van der Waals surface area contributed by atoms with Crippen molar-refractivity contribution in [2.75, 3.05) is 46.5 Å². The zero-order chi connectivity index (χ0) is 22.2. The second-order valence-corrected chi connectivity index (χ2v) is 7.80. The van der Waals surface area contributed by atoms with E-state index in [1.54, 1.807) is 7.11 Å². The van der Waals surface area contributed by atoms with Gasteiger partial charge in [0.25, 0.3) is 5.91 Å². The van der Waals surface area contributed by atoms with Gasteiger partial charge in [-0.1, -0.05) is 29.3 Å².